The first-order chi connectivity index (χ1) is 7.78. The molecule has 1 aromatic carbocycles. The topological polar surface area (TPSA) is 37.9 Å². The zero-order valence-corrected chi connectivity index (χ0v) is 9.75. The van der Waals surface area contributed by atoms with Crippen molar-refractivity contribution >= 4 is 12.2 Å². The van der Waals surface area contributed by atoms with E-state index in [2.05, 4.69) is 9.97 Å². The third-order valence-electron chi connectivity index (χ3n) is 2.23. The molecule has 0 aliphatic rings. The van der Waals surface area contributed by atoms with Crippen LogP contribution in [0.3, 0.4) is 0 Å². The number of methoxy groups -OCH3 is 1. The van der Waals surface area contributed by atoms with Crippen molar-refractivity contribution in [3.05, 3.63) is 52.6 Å². The van der Waals surface area contributed by atoms with Crippen molar-refractivity contribution in [2.75, 3.05) is 7.11 Å². The first-order valence-electron chi connectivity index (χ1n) is 4.95. The standard InChI is InChI=1S/C12H12N2OS/c1-15-10-4-2-3-9(7-10)8-11-13-6-5-12(16)14-11/h2-7H,8H2,1H3,(H,13,14,16). The van der Waals surface area contributed by atoms with E-state index in [9.17, 15) is 0 Å². The molecule has 82 valence electrons. The summed E-state index contributed by atoms with van der Waals surface area (Å²) in [5.41, 5.74) is 1.14. The van der Waals surface area contributed by atoms with Gasteiger partial charge >= 0.3 is 0 Å². The van der Waals surface area contributed by atoms with Gasteiger partial charge in [0.25, 0.3) is 0 Å². The minimum absolute atomic E-state index is 0.702. The summed E-state index contributed by atoms with van der Waals surface area (Å²) in [6, 6.07) is 9.68. The fourth-order valence-corrected chi connectivity index (χ4v) is 1.66. The normalized spacial score (nSPS) is 10.1. The van der Waals surface area contributed by atoms with Gasteiger partial charge in [-0.25, -0.2) is 4.98 Å². The highest BCUT2D eigenvalue weighted by molar-refractivity contribution is 7.71. The first kappa shape index (κ1) is 10.8. The predicted molar refractivity (Wildman–Crippen MR) is 65.2 cm³/mol. The molecular formula is C12H12N2OS. The van der Waals surface area contributed by atoms with E-state index in [0.717, 1.165) is 23.6 Å². The fraction of sp³-hybridized carbons (Fsp3) is 0.167. The molecule has 0 aliphatic carbocycles. The largest absolute Gasteiger partial charge is 0.497 e. The molecule has 0 atom stereocenters. The Balaban J connectivity index is 2.23. The van der Waals surface area contributed by atoms with Gasteiger partial charge in [-0.1, -0.05) is 24.4 Å². The minimum Gasteiger partial charge on any atom is -0.497 e. The van der Waals surface area contributed by atoms with Crippen LogP contribution in [0.2, 0.25) is 0 Å². The maximum Gasteiger partial charge on any atom is 0.119 e. The molecule has 16 heavy (non-hydrogen) atoms. The van der Waals surface area contributed by atoms with Crippen LogP contribution < -0.4 is 4.74 Å². The number of ether oxygens (including phenoxy) is 1. The van der Waals surface area contributed by atoms with Gasteiger partial charge in [0.05, 0.1) is 7.11 Å². The number of aromatic amines is 1. The Morgan fingerprint density at radius 3 is 3.00 bits per heavy atom. The van der Waals surface area contributed by atoms with Crippen LogP contribution in [0.15, 0.2) is 36.5 Å². The van der Waals surface area contributed by atoms with Crippen molar-refractivity contribution in [2.45, 2.75) is 6.42 Å². The fourth-order valence-electron chi connectivity index (χ4n) is 1.48. The molecule has 4 heteroatoms. The van der Waals surface area contributed by atoms with Crippen molar-refractivity contribution in [3.8, 4) is 5.75 Å². The van der Waals surface area contributed by atoms with Crippen LogP contribution in [0.4, 0.5) is 0 Å². The summed E-state index contributed by atoms with van der Waals surface area (Å²) in [5.74, 6) is 1.72. The monoisotopic (exact) mass is 232 g/mol. The van der Waals surface area contributed by atoms with E-state index >= 15 is 0 Å². The lowest BCUT2D eigenvalue weighted by Gasteiger charge is -2.04. The van der Waals surface area contributed by atoms with Gasteiger partial charge in [0, 0.05) is 12.6 Å². The van der Waals surface area contributed by atoms with Gasteiger partial charge in [-0.15, -0.1) is 0 Å². The number of rotatable bonds is 3. The van der Waals surface area contributed by atoms with E-state index in [-0.39, 0.29) is 0 Å². The van der Waals surface area contributed by atoms with E-state index in [4.69, 9.17) is 17.0 Å². The summed E-state index contributed by atoms with van der Waals surface area (Å²) in [5, 5.41) is 0. The molecule has 0 bridgehead atoms. The molecule has 2 rings (SSSR count). The smallest absolute Gasteiger partial charge is 0.119 e. The lowest BCUT2D eigenvalue weighted by Crippen LogP contribution is -1.96. The van der Waals surface area contributed by atoms with Gasteiger partial charge in [0.1, 0.15) is 16.2 Å². The molecule has 1 heterocycles. The molecule has 2 aromatic rings. The summed E-state index contributed by atoms with van der Waals surface area (Å²) in [6.07, 6.45) is 2.44. The molecule has 0 aliphatic heterocycles. The van der Waals surface area contributed by atoms with Gasteiger partial charge in [0.15, 0.2) is 0 Å². The zero-order chi connectivity index (χ0) is 11.4. The third kappa shape index (κ3) is 2.67. The highest BCUT2D eigenvalue weighted by atomic mass is 32.1. The van der Waals surface area contributed by atoms with Crippen LogP contribution in [0.5, 0.6) is 5.75 Å². The molecule has 0 amide bonds. The predicted octanol–water partition coefficient (Wildman–Crippen LogP) is 2.74. The maximum atomic E-state index is 5.17. The number of nitrogens with zero attached hydrogens (tertiary/aromatic N) is 1. The summed E-state index contributed by atoms with van der Waals surface area (Å²) in [4.78, 5) is 7.28. The quantitative estimate of drug-likeness (QED) is 0.827. The Labute approximate surface area is 99.1 Å². The molecule has 1 aromatic heterocycles. The molecule has 0 fully saturated rings. The summed E-state index contributed by atoms with van der Waals surface area (Å²) in [6.45, 7) is 0. The Kier molecular flexibility index (Phi) is 3.31. The van der Waals surface area contributed by atoms with E-state index in [0.29, 0.717) is 4.64 Å². The van der Waals surface area contributed by atoms with Gasteiger partial charge < -0.3 is 9.72 Å². The minimum atomic E-state index is 0.702. The molecule has 0 unspecified atom stereocenters. The lowest BCUT2D eigenvalue weighted by molar-refractivity contribution is 0.414. The van der Waals surface area contributed by atoms with Crippen molar-refractivity contribution in [1.82, 2.24) is 9.97 Å². The second-order valence-corrected chi connectivity index (χ2v) is 3.85. The molecule has 3 nitrogen and oxygen atoms in total. The summed E-state index contributed by atoms with van der Waals surface area (Å²) in [7, 11) is 1.66. The maximum absolute atomic E-state index is 5.17. The average molecular weight is 232 g/mol. The molecule has 0 saturated heterocycles. The van der Waals surface area contributed by atoms with Crippen molar-refractivity contribution in [1.29, 1.82) is 0 Å². The van der Waals surface area contributed by atoms with Gasteiger partial charge in [-0.3, -0.25) is 0 Å². The SMILES string of the molecule is COc1cccc(Cc2nccc(=S)[nH]2)c1. The lowest BCUT2D eigenvalue weighted by atomic mass is 10.1. The van der Waals surface area contributed by atoms with Crippen LogP contribution >= 0.6 is 12.2 Å². The van der Waals surface area contributed by atoms with Gasteiger partial charge in [-0.2, -0.15) is 0 Å². The third-order valence-corrected chi connectivity index (χ3v) is 2.47. The molecule has 1 N–H and O–H groups in total. The van der Waals surface area contributed by atoms with Crippen LogP contribution in [-0.4, -0.2) is 17.1 Å². The Hall–Kier alpha value is -1.68. The molecule has 0 saturated carbocycles. The van der Waals surface area contributed by atoms with E-state index in [1.54, 1.807) is 19.4 Å². The molecular weight excluding hydrogens is 220 g/mol. The van der Waals surface area contributed by atoms with Gasteiger partial charge in [0.2, 0.25) is 0 Å². The number of aromatic nitrogens is 2. The molecule has 0 radical (unpaired) electrons. The number of nitrogens with one attached hydrogen (secondary N) is 1. The van der Waals surface area contributed by atoms with Crippen LogP contribution in [0.1, 0.15) is 11.4 Å². The van der Waals surface area contributed by atoms with Crippen LogP contribution in [0, 0.1) is 4.64 Å². The second kappa shape index (κ2) is 4.90. The number of H-pyrrole nitrogens is 1. The highest BCUT2D eigenvalue weighted by Crippen LogP contribution is 2.14. The number of hydrogen-bond acceptors (Lipinski definition) is 3. The van der Waals surface area contributed by atoms with Crippen molar-refractivity contribution in [3.63, 3.8) is 0 Å². The average Bonchev–Trinajstić information content (AvgIpc) is 2.29. The second-order valence-electron chi connectivity index (χ2n) is 3.41. The Bertz CT molecular complexity index is 536. The number of hydrogen-bond donors (Lipinski definition) is 1. The van der Waals surface area contributed by atoms with Crippen LogP contribution in [-0.2, 0) is 6.42 Å². The van der Waals surface area contributed by atoms with E-state index in [1.165, 1.54) is 0 Å². The van der Waals surface area contributed by atoms with E-state index in [1.807, 2.05) is 24.3 Å². The Morgan fingerprint density at radius 1 is 1.38 bits per heavy atom. The first-order valence-corrected chi connectivity index (χ1v) is 5.36. The zero-order valence-electron chi connectivity index (χ0n) is 8.93. The van der Waals surface area contributed by atoms with Crippen molar-refractivity contribution in [2.24, 2.45) is 0 Å². The summed E-state index contributed by atoms with van der Waals surface area (Å²) < 4.78 is 5.87. The van der Waals surface area contributed by atoms with Crippen molar-refractivity contribution < 1.29 is 4.74 Å². The highest BCUT2D eigenvalue weighted by Gasteiger charge is 1.99. The Morgan fingerprint density at radius 2 is 2.25 bits per heavy atom. The summed E-state index contributed by atoms with van der Waals surface area (Å²) >= 11 is 5.04. The van der Waals surface area contributed by atoms with E-state index < -0.39 is 0 Å². The van der Waals surface area contributed by atoms with Gasteiger partial charge in [-0.05, 0) is 23.8 Å². The molecule has 0 spiro atoms. The number of benzene rings is 1. The van der Waals surface area contributed by atoms with Crippen LogP contribution in [0.25, 0.3) is 0 Å².